The number of fused-ring (bicyclic) bond motifs is 3. The van der Waals surface area contributed by atoms with Crippen molar-refractivity contribution in [1.29, 1.82) is 0 Å². The Labute approximate surface area is 234 Å². The molecule has 0 radical (unpaired) electrons. The normalized spacial score (nSPS) is 20.4. The van der Waals surface area contributed by atoms with Crippen LogP contribution in [0.2, 0.25) is 5.15 Å². The van der Waals surface area contributed by atoms with Crippen molar-refractivity contribution in [2.45, 2.75) is 37.4 Å². The number of benzene rings is 1. The van der Waals surface area contributed by atoms with Crippen LogP contribution in [0.15, 0.2) is 36.5 Å². The molecule has 1 saturated heterocycles. The zero-order valence-electron chi connectivity index (χ0n) is 21.9. The number of anilines is 2. The summed E-state index contributed by atoms with van der Waals surface area (Å²) in [5, 5.41) is 4.67. The van der Waals surface area contributed by atoms with Gasteiger partial charge in [-0.3, -0.25) is 4.79 Å². The SMILES string of the molecule is COC[C@@H]1CCN(c2ccc([C@H](N(C)C(=O)C3CCS(=O)(=O)CC3)C(F)(F)F)cc2)c2cnc3cc(Cl)nn3c21. The third-order valence-electron chi connectivity index (χ3n) is 7.69. The number of halogens is 4. The number of ether oxygens (including phenoxy) is 1. The second-order valence-corrected chi connectivity index (χ2v) is 13.0. The zero-order chi connectivity index (χ0) is 28.8. The molecule has 2 aromatic heterocycles. The molecule has 9 nitrogen and oxygen atoms in total. The molecule has 14 heteroatoms. The Morgan fingerprint density at radius 2 is 1.88 bits per heavy atom. The van der Waals surface area contributed by atoms with E-state index in [1.54, 1.807) is 36.0 Å². The fraction of sp³-hybridized carbons (Fsp3) is 0.500. The molecule has 216 valence electrons. The maximum atomic E-state index is 14.3. The number of hydrogen-bond acceptors (Lipinski definition) is 7. The molecule has 0 spiro atoms. The molecule has 2 aliphatic rings. The first-order valence-corrected chi connectivity index (χ1v) is 15.0. The van der Waals surface area contributed by atoms with Crippen LogP contribution in [0.3, 0.4) is 0 Å². The lowest BCUT2D eigenvalue weighted by Crippen LogP contribution is -2.44. The number of methoxy groups -OCH3 is 1. The molecule has 0 saturated carbocycles. The van der Waals surface area contributed by atoms with E-state index in [-0.39, 0.29) is 35.8 Å². The van der Waals surface area contributed by atoms with Crippen LogP contribution < -0.4 is 4.90 Å². The lowest BCUT2D eigenvalue weighted by molar-refractivity contribution is -0.190. The van der Waals surface area contributed by atoms with Crippen LogP contribution in [0.1, 0.15) is 42.5 Å². The van der Waals surface area contributed by atoms with E-state index in [1.807, 2.05) is 4.90 Å². The lowest BCUT2D eigenvalue weighted by atomic mass is 9.94. The largest absolute Gasteiger partial charge is 0.413 e. The van der Waals surface area contributed by atoms with Crippen LogP contribution in [-0.2, 0) is 19.4 Å². The Kier molecular flexibility index (Phi) is 7.75. The zero-order valence-corrected chi connectivity index (χ0v) is 23.5. The van der Waals surface area contributed by atoms with Crippen LogP contribution in [0.4, 0.5) is 24.5 Å². The predicted molar refractivity (Wildman–Crippen MR) is 144 cm³/mol. The van der Waals surface area contributed by atoms with Crippen molar-refractivity contribution in [2.75, 3.05) is 43.7 Å². The molecule has 2 aliphatic heterocycles. The van der Waals surface area contributed by atoms with Gasteiger partial charge in [-0.05, 0) is 37.0 Å². The maximum Gasteiger partial charge on any atom is 0.413 e. The Bertz CT molecular complexity index is 1500. The summed E-state index contributed by atoms with van der Waals surface area (Å²) in [5.41, 5.74) is 2.76. The van der Waals surface area contributed by atoms with Crippen molar-refractivity contribution in [1.82, 2.24) is 19.5 Å². The summed E-state index contributed by atoms with van der Waals surface area (Å²) in [6.45, 7) is 1.03. The molecule has 0 aliphatic carbocycles. The van der Waals surface area contributed by atoms with Crippen molar-refractivity contribution in [3.05, 3.63) is 52.9 Å². The molecule has 1 amide bonds. The molecule has 0 bridgehead atoms. The third-order valence-corrected chi connectivity index (χ3v) is 9.59. The van der Waals surface area contributed by atoms with E-state index >= 15 is 0 Å². The van der Waals surface area contributed by atoms with Gasteiger partial charge in [-0.25, -0.2) is 17.9 Å². The third kappa shape index (κ3) is 5.51. The van der Waals surface area contributed by atoms with E-state index in [1.165, 1.54) is 12.1 Å². The number of hydrogen-bond donors (Lipinski definition) is 0. The number of carbonyl (C=O) groups is 1. The van der Waals surface area contributed by atoms with Crippen LogP contribution in [0.5, 0.6) is 0 Å². The Morgan fingerprint density at radius 1 is 1.20 bits per heavy atom. The number of carbonyl (C=O) groups excluding carboxylic acids is 1. The molecule has 4 heterocycles. The van der Waals surface area contributed by atoms with E-state index in [0.717, 1.165) is 18.4 Å². The molecule has 3 aromatic rings. The first-order chi connectivity index (χ1) is 18.9. The summed E-state index contributed by atoms with van der Waals surface area (Å²) >= 11 is 6.13. The molecule has 1 fully saturated rings. The van der Waals surface area contributed by atoms with Crippen molar-refractivity contribution in [3.63, 3.8) is 0 Å². The summed E-state index contributed by atoms with van der Waals surface area (Å²) in [6, 6.07) is 5.43. The van der Waals surface area contributed by atoms with Gasteiger partial charge in [0.2, 0.25) is 5.91 Å². The number of aromatic nitrogens is 3. The minimum atomic E-state index is -4.73. The van der Waals surface area contributed by atoms with Crippen molar-refractivity contribution in [3.8, 4) is 0 Å². The second kappa shape index (κ2) is 10.8. The summed E-state index contributed by atoms with van der Waals surface area (Å²) in [5.74, 6) is -1.85. The van der Waals surface area contributed by atoms with Crippen LogP contribution in [0.25, 0.3) is 5.65 Å². The predicted octanol–water partition coefficient (Wildman–Crippen LogP) is 4.54. The van der Waals surface area contributed by atoms with Gasteiger partial charge in [0, 0.05) is 44.3 Å². The average molecular weight is 600 g/mol. The van der Waals surface area contributed by atoms with E-state index < -0.39 is 33.9 Å². The summed E-state index contributed by atoms with van der Waals surface area (Å²) in [4.78, 5) is 20.1. The monoisotopic (exact) mass is 599 g/mol. The number of amides is 1. The van der Waals surface area contributed by atoms with Crippen LogP contribution in [-0.4, -0.2) is 78.8 Å². The summed E-state index contributed by atoms with van der Waals surface area (Å²) < 4.78 is 73.4. The summed E-state index contributed by atoms with van der Waals surface area (Å²) in [7, 11) is -0.507. The molecular formula is C26H29ClF3N5O4S. The van der Waals surface area contributed by atoms with E-state index in [4.69, 9.17) is 16.3 Å². The van der Waals surface area contributed by atoms with Gasteiger partial charge >= 0.3 is 6.18 Å². The highest BCUT2D eigenvalue weighted by atomic mass is 35.5. The first kappa shape index (κ1) is 28.6. The Balaban J connectivity index is 1.44. The highest BCUT2D eigenvalue weighted by Crippen LogP contribution is 2.42. The minimum Gasteiger partial charge on any atom is -0.384 e. The van der Waals surface area contributed by atoms with Gasteiger partial charge < -0.3 is 14.5 Å². The van der Waals surface area contributed by atoms with Crippen LogP contribution >= 0.6 is 11.6 Å². The Hall–Kier alpha value is -2.90. The van der Waals surface area contributed by atoms with Crippen LogP contribution in [0, 0.1) is 5.92 Å². The quantitative estimate of drug-likeness (QED) is 0.410. The van der Waals surface area contributed by atoms with E-state index in [2.05, 4.69) is 10.1 Å². The molecular weight excluding hydrogens is 571 g/mol. The topological polar surface area (TPSA) is 97.1 Å². The van der Waals surface area contributed by atoms with Crippen molar-refractivity contribution < 1.29 is 31.1 Å². The first-order valence-electron chi connectivity index (χ1n) is 12.8. The van der Waals surface area contributed by atoms with Crippen molar-refractivity contribution >= 4 is 44.4 Å². The molecule has 2 atom stereocenters. The van der Waals surface area contributed by atoms with Gasteiger partial charge in [0.25, 0.3) is 0 Å². The van der Waals surface area contributed by atoms with Gasteiger partial charge in [-0.2, -0.15) is 18.3 Å². The van der Waals surface area contributed by atoms with Crippen molar-refractivity contribution in [2.24, 2.45) is 5.92 Å². The number of sulfone groups is 1. The smallest absolute Gasteiger partial charge is 0.384 e. The number of alkyl halides is 3. The van der Waals surface area contributed by atoms with Gasteiger partial charge in [-0.15, -0.1) is 0 Å². The standard InChI is InChI=1S/C26H29ClF3N5O4S/c1-33(25(36)17-8-11-40(37,38)12-9-17)24(26(28,29)30)16-3-5-19(6-4-16)34-10-7-18(15-39-2)23-20(34)14-31-22-13-21(27)32-35(22)23/h3-6,13-14,17-18,24H,7-12,15H2,1-2H3/t18-,24-/m0/s1. The van der Waals surface area contributed by atoms with Gasteiger partial charge in [-0.1, -0.05) is 23.7 Å². The lowest BCUT2D eigenvalue weighted by Gasteiger charge is -2.36. The fourth-order valence-electron chi connectivity index (χ4n) is 5.70. The molecule has 5 rings (SSSR count). The highest BCUT2D eigenvalue weighted by Gasteiger charge is 2.46. The van der Waals surface area contributed by atoms with Gasteiger partial charge in [0.15, 0.2) is 16.8 Å². The van der Waals surface area contributed by atoms with E-state index in [9.17, 15) is 26.4 Å². The molecule has 0 unspecified atom stereocenters. The van der Waals surface area contributed by atoms with Gasteiger partial charge in [0.1, 0.15) is 9.84 Å². The maximum absolute atomic E-state index is 14.3. The molecule has 0 N–H and O–H groups in total. The Morgan fingerprint density at radius 3 is 2.50 bits per heavy atom. The van der Waals surface area contributed by atoms with E-state index in [0.29, 0.717) is 41.0 Å². The molecule has 40 heavy (non-hydrogen) atoms. The highest BCUT2D eigenvalue weighted by molar-refractivity contribution is 7.91. The number of nitrogens with zero attached hydrogens (tertiary/aromatic N) is 5. The number of rotatable bonds is 6. The summed E-state index contributed by atoms with van der Waals surface area (Å²) in [6.07, 6.45) is -2.27. The minimum absolute atomic E-state index is 0.0148. The second-order valence-electron chi connectivity index (χ2n) is 10.3. The van der Waals surface area contributed by atoms with Gasteiger partial charge in [0.05, 0.1) is 35.7 Å². The average Bonchev–Trinajstić information content (AvgIpc) is 3.28. The fourth-order valence-corrected chi connectivity index (χ4v) is 7.36. The molecule has 1 aromatic carbocycles.